The van der Waals surface area contributed by atoms with Crippen molar-refractivity contribution in [2.75, 3.05) is 5.32 Å². The molecule has 164 valence electrons. The lowest BCUT2D eigenvalue weighted by Crippen LogP contribution is -2.34. The number of nitrogens with one attached hydrogen (secondary N) is 1. The molecule has 1 amide bonds. The number of thioether (sulfide) groups is 1. The van der Waals surface area contributed by atoms with Gasteiger partial charge in [0.05, 0.1) is 5.03 Å². The van der Waals surface area contributed by atoms with E-state index < -0.39 is 0 Å². The smallest absolute Gasteiger partial charge is 0.308 e. The van der Waals surface area contributed by atoms with Gasteiger partial charge < -0.3 is 5.32 Å². The third-order valence-corrected chi connectivity index (χ3v) is 10.2. The van der Waals surface area contributed by atoms with Gasteiger partial charge in [-0.05, 0) is 73.3 Å². The second kappa shape index (κ2) is 7.89. The highest BCUT2D eigenvalue weighted by molar-refractivity contribution is 8.00. The number of nitrogens with zero attached hydrogens (tertiary/aromatic N) is 2. The summed E-state index contributed by atoms with van der Waals surface area (Å²) in [4.78, 5) is 31.4. The van der Waals surface area contributed by atoms with Crippen molar-refractivity contribution < 1.29 is 4.79 Å². The van der Waals surface area contributed by atoms with Crippen molar-refractivity contribution >= 4 is 34.7 Å². The van der Waals surface area contributed by atoms with Gasteiger partial charge in [0.1, 0.15) is 6.54 Å². The van der Waals surface area contributed by atoms with Crippen LogP contribution in [-0.2, 0) is 11.3 Å². The summed E-state index contributed by atoms with van der Waals surface area (Å²) in [5, 5.41) is 4.48. The molecule has 0 spiro atoms. The van der Waals surface area contributed by atoms with Gasteiger partial charge in [-0.2, -0.15) is 0 Å². The fourth-order valence-corrected chi connectivity index (χ4v) is 9.24. The van der Waals surface area contributed by atoms with Gasteiger partial charge in [0.2, 0.25) is 5.91 Å². The zero-order chi connectivity index (χ0) is 21.8. The van der Waals surface area contributed by atoms with Crippen LogP contribution in [0.3, 0.4) is 0 Å². The molecule has 2 saturated carbocycles. The van der Waals surface area contributed by atoms with Crippen LogP contribution in [0.2, 0.25) is 0 Å². The van der Waals surface area contributed by atoms with Crippen LogP contribution in [-0.4, -0.2) is 20.7 Å². The molecule has 3 aromatic rings. The van der Waals surface area contributed by atoms with Gasteiger partial charge in [0.25, 0.3) is 0 Å². The Kier molecular flexibility index (Phi) is 4.99. The van der Waals surface area contributed by atoms with Gasteiger partial charge in [0.15, 0.2) is 0 Å². The number of amides is 1. The number of aromatic nitrogens is 2. The van der Waals surface area contributed by atoms with E-state index in [0.29, 0.717) is 17.1 Å². The SMILES string of the molecule is Cc1cccc(NC(=O)Cn2c3c(sc2=O)[C@H](c2cccnc2)C2C4CCC(C4)C2S3)c1. The van der Waals surface area contributed by atoms with Crippen LogP contribution in [0.1, 0.15) is 41.2 Å². The monoisotopic (exact) mass is 463 g/mol. The maximum absolute atomic E-state index is 13.1. The number of rotatable bonds is 4. The molecule has 1 N–H and O–H groups in total. The second-order valence-electron chi connectivity index (χ2n) is 9.30. The van der Waals surface area contributed by atoms with Crippen molar-refractivity contribution in [3.05, 3.63) is 74.5 Å². The minimum Gasteiger partial charge on any atom is -0.325 e. The molecule has 32 heavy (non-hydrogen) atoms. The summed E-state index contributed by atoms with van der Waals surface area (Å²) in [5.41, 5.74) is 3.06. The highest BCUT2D eigenvalue weighted by Gasteiger charge is 2.55. The van der Waals surface area contributed by atoms with Crippen LogP contribution in [0, 0.1) is 24.7 Å². The summed E-state index contributed by atoms with van der Waals surface area (Å²) in [6, 6.07) is 11.9. The van der Waals surface area contributed by atoms with Crippen LogP contribution in [0.25, 0.3) is 0 Å². The van der Waals surface area contributed by atoms with Crippen molar-refractivity contribution in [1.29, 1.82) is 0 Å². The third-order valence-electron chi connectivity index (χ3n) is 7.34. The Labute approximate surface area is 195 Å². The van der Waals surface area contributed by atoms with Crippen molar-refractivity contribution in [2.24, 2.45) is 17.8 Å². The Balaban J connectivity index is 1.36. The Morgan fingerprint density at radius 1 is 1.22 bits per heavy atom. The fourth-order valence-electron chi connectivity index (χ4n) is 6.09. The topological polar surface area (TPSA) is 64.0 Å². The Morgan fingerprint density at radius 2 is 2.09 bits per heavy atom. The summed E-state index contributed by atoms with van der Waals surface area (Å²) in [6.07, 6.45) is 7.66. The van der Waals surface area contributed by atoms with Crippen molar-refractivity contribution in [2.45, 2.75) is 48.9 Å². The van der Waals surface area contributed by atoms with E-state index in [4.69, 9.17) is 0 Å². The van der Waals surface area contributed by atoms with E-state index in [1.807, 2.05) is 61.4 Å². The Bertz CT molecular complexity index is 1240. The van der Waals surface area contributed by atoms with Gasteiger partial charge in [-0.1, -0.05) is 29.5 Å². The molecule has 1 aliphatic heterocycles. The largest absolute Gasteiger partial charge is 0.325 e. The zero-order valence-corrected chi connectivity index (χ0v) is 19.5. The molecule has 7 heteroatoms. The van der Waals surface area contributed by atoms with Crippen LogP contribution in [0.15, 0.2) is 58.6 Å². The standard InChI is InChI=1S/C25H25N3O2S2/c1-14-4-2-6-18(10-14)27-19(29)13-28-24-23(32-25(28)30)21(17-5-3-9-26-12-17)20-15-7-8-16(11-15)22(20)31-24/h2-6,9-10,12,15-16,20-22H,7-8,11,13H2,1H3,(H,27,29)/t15?,16?,20?,21-,22?/m1/s1. The molecule has 2 fully saturated rings. The number of anilines is 1. The number of pyridine rings is 1. The molecule has 3 aliphatic rings. The van der Waals surface area contributed by atoms with Crippen LogP contribution in [0.5, 0.6) is 0 Å². The molecule has 0 saturated heterocycles. The summed E-state index contributed by atoms with van der Waals surface area (Å²) >= 11 is 3.19. The predicted molar refractivity (Wildman–Crippen MR) is 128 cm³/mol. The highest BCUT2D eigenvalue weighted by Crippen LogP contribution is 2.63. The maximum atomic E-state index is 13.1. The predicted octanol–water partition coefficient (Wildman–Crippen LogP) is 4.90. The molecule has 5 nitrogen and oxygen atoms in total. The van der Waals surface area contributed by atoms with E-state index in [0.717, 1.165) is 27.1 Å². The molecule has 2 aliphatic carbocycles. The average Bonchev–Trinajstić information content (AvgIpc) is 3.47. The number of thiazole rings is 1. The Hall–Kier alpha value is -2.38. The molecule has 2 bridgehead atoms. The minimum atomic E-state index is -0.160. The molecule has 0 radical (unpaired) electrons. The molecule has 1 aromatic carbocycles. The first-order chi connectivity index (χ1) is 15.6. The number of fused-ring (bicyclic) bond motifs is 6. The second-order valence-corrected chi connectivity index (χ2v) is 11.5. The van der Waals surface area contributed by atoms with E-state index in [1.54, 1.807) is 4.57 Å². The van der Waals surface area contributed by atoms with Gasteiger partial charge in [0, 0.05) is 34.1 Å². The molecule has 2 aromatic heterocycles. The number of benzene rings is 1. The molecule has 6 rings (SSSR count). The number of carbonyl (C=O) groups is 1. The average molecular weight is 464 g/mol. The van der Waals surface area contributed by atoms with Crippen LogP contribution in [0.4, 0.5) is 5.69 Å². The number of aryl methyl sites for hydroxylation is 1. The lowest BCUT2D eigenvalue weighted by molar-refractivity contribution is -0.116. The zero-order valence-electron chi connectivity index (χ0n) is 17.9. The van der Waals surface area contributed by atoms with Crippen LogP contribution < -0.4 is 10.2 Å². The molecular formula is C25H25N3O2S2. The first kappa shape index (κ1) is 20.2. The van der Waals surface area contributed by atoms with Crippen molar-refractivity contribution in [1.82, 2.24) is 9.55 Å². The molecular weight excluding hydrogens is 438 g/mol. The summed E-state index contributed by atoms with van der Waals surface area (Å²) in [6.45, 7) is 2.05. The summed E-state index contributed by atoms with van der Waals surface area (Å²) in [7, 11) is 0. The maximum Gasteiger partial charge on any atom is 0.308 e. The van der Waals surface area contributed by atoms with Gasteiger partial charge in [-0.15, -0.1) is 11.8 Å². The number of hydrogen-bond donors (Lipinski definition) is 1. The van der Waals surface area contributed by atoms with Crippen molar-refractivity contribution in [3.8, 4) is 0 Å². The highest BCUT2D eigenvalue weighted by atomic mass is 32.2. The van der Waals surface area contributed by atoms with Gasteiger partial charge in [-0.25, -0.2) is 0 Å². The fraction of sp³-hybridized carbons (Fsp3) is 0.400. The lowest BCUT2D eigenvalue weighted by atomic mass is 9.75. The van der Waals surface area contributed by atoms with E-state index in [-0.39, 0.29) is 23.2 Å². The quantitative estimate of drug-likeness (QED) is 0.598. The normalized spacial score (nSPS) is 27.7. The summed E-state index contributed by atoms with van der Waals surface area (Å²) < 4.78 is 1.71. The lowest BCUT2D eigenvalue weighted by Gasteiger charge is -2.40. The molecule has 4 unspecified atom stereocenters. The van der Waals surface area contributed by atoms with Crippen LogP contribution >= 0.6 is 23.1 Å². The number of hydrogen-bond acceptors (Lipinski definition) is 5. The van der Waals surface area contributed by atoms with Gasteiger partial charge >= 0.3 is 4.87 Å². The third kappa shape index (κ3) is 3.33. The number of carbonyl (C=O) groups excluding carboxylic acids is 1. The first-order valence-electron chi connectivity index (χ1n) is 11.2. The summed E-state index contributed by atoms with van der Waals surface area (Å²) in [5.74, 6) is 2.05. The van der Waals surface area contributed by atoms with E-state index in [2.05, 4.69) is 16.4 Å². The minimum absolute atomic E-state index is 0.0388. The van der Waals surface area contributed by atoms with Gasteiger partial charge in [-0.3, -0.25) is 19.1 Å². The van der Waals surface area contributed by atoms with E-state index >= 15 is 0 Å². The van der Waals surface area contributed by atoms with Crippen molar-refractivity contribution in [3.63, 3.8) is 0 Å². The van der Waals surface area contributed by atoms with E-state index in [9.17, 15) is 9.59 Å². The molecule has 3 heterocycles. The first-order valence-corrected chi connectivity index (χ1v) is 12.9. The molecule has 5 atom stereocenters. The van der Waals surface area contributed by atoms with E-state index in [1.165, 1.54) is 36.2 Å². The Morgan fingerprint density at radius 3 is 2.91 bits per heavy atom.